The highest BCUT2D eigenvalue weighted by molar-refractivity contribution is 7.91. The van der Waals surface area contributed by atoms with Gasteiger partial charge in [0.05, 0.1) is 18.0 Å². The van der Waals surface area contributed by atoms with E-state index in [1.54, 1.807) is 11.6 Å². The molecule has 1 heterocycles. The zero-order valence-corrected chi connectivity index (χ0v) is 11.5. The maximum absolute atomic E-state index is 11.4. The van der Waals surface area contributed by atoms with Gasteiger partial charge in [-0.3, -0.25) is 4.68 Å². The van der Waals surface area contributed by atoms with Crippen molar-refractivity contribution in [2.45, 2.75) is 39.2 Å². The molecule has 1 aromatic heterocycles. The van der Waals surface area contributed by atoms with Gasteiger partial charge in [0.15, 0.2) is 9.84 Å². The van der Waals surface area contributed by atoms with Gasteiger partial charge in [0.2, 0.25) is 0 Å². The zero-order chi connectivity index (χ0) is 12.5. The van der Waals surface area contributed by atoms with E-state index in [4.69, 9.17) is 11.6 Å². The van der Waals surface area contributed by atoms with E-state index >= 15 is 0 Å². The van der Waals surface area contributed by atoms with E-state index in [0.717, 1.165) is 36.9 Å². The summed E-state index contributed by atoms with van der Waals surface area (Å²) >= 11 is 6.22. The van der Waals surface area contributed by atoms with Crippen molar-refractivity contribution in [2.75, 3.05) is 11.5 Å². The van der Waals surface area contributed by atoms with Crippen LogP contribution in [0.15, 0.2) is 0 Å². The first-order chi connectivity index (χ1) is 8.03. The summed E-state index contributed by atoms with van der Waals surface area (Å²) in [5, 5.41) is 5.04. The quantitative estimate of drug-likeness (QED) is 0.843. The lowest BCUT2D eigenvalue weighted by Gasteiger charge is -2.08. The van der Waals surface area contributed by atoms with Crippen molar-refractivity contribution >= 4 is 21.4 Å². The third kappa shape index (κ3) is 2.83. The minimum atomic E-state index is -2.96. The number of hydrogen-bond acceptors (Lipinski definition) is 3. The summed E-state index contributed by atoms with van der Waals surface area (Å²) in [5.74, 6) is 0.287. The second-order valence-electron chi connectivity index (χ2n) is 4.38. The van der Waals surface area contributed by atoms with Gasteiger partial charge in [-0.2, -0.15) is 5.10 Å². The van der Waals surface area contributed by atoms with E-state index in [1.165, 1.54) is 0 Å². The Labute approximate surface area is 107 Å². The van der Waals surface area contributed by atoms with Gasteiger partial charge >= 0.3 is 0 Å². The molecule has 0 fully saturated rings. The number of halogens is 1. The van der Waals surface area contributed by atoms with E-state index < -0.39 is 9.84 Å². The maximum atomic E-state index is 11.4. The number of rotatable bonds is 4. The Kier molecular flexibility index (Phi) is 3.78. The summed E-state index contributed by atoms with van der Waals surface area (Å²) in [5.41, 5.74) is 2.17. The molecule has 6 heteroatoms. The van der Waals surface area contributed by atoms with E-state index in [1.807, 2.05) is 0 Å². The number of aromatic nitrogens is 2. The second-order valence-corrected chi connectivity index (χ2v) is 7.21. The number of sulfone groups is 1. The largest absolute Gasteiger partial charge is 0.252 e. The van der Waals surface area contributed by atoms with E-state index in [0.29, 0.717) is 11.7 Å². The Hall–Kier alpha value is -0.550. The molecule has 0 bridgehead atoms. The molecule has 1 aliphatic rings. The molecule has 17 heavy (non-hydrogen) atoms. The maximum Gasteiger partial charge on any atom is 0.151 e. The van der Waals surface area contributed by atoms with Crippen LogP contribution in [-0.2, 0) is 29.2 Å². The lowest BCUT2D eigenvalue weighted by molar-refractivity contribution is 0.579. The number of aryl methyl sites for hydroxylation is 2. The minimum Gasteiger partial charge on any atom is -0.252 e. The fraction of sp³-hybridized carbons (Fsp3) is 0.727. The van der Waals surface area contributed by atoms with Crippen LogP contribution < -0.4 is 0 Å². The molecule has 0 N–H and O–H groups in total. The van der Waals surface area contributed by atoms with Crippen molar-refractivity contribution in [3.05, 3.63) is 16.4 Å². The van der Waals surface area contributed by atoms with Gasteiger partial charge in [0.25, 0.3) is 0 Å². The first kappa shape index (κ1) is 12.9. The third-order valence-electron chi connectivity index (χ3n) is 3.21. The highest BCUT2D eigenvalue weighted by Gasteiger charge is 2.20. The molecule has 1 aromatic rings. The monoisotopic (exact) mass is 276 g/mol. The normalized spacial score (nSPS) is 15.9. The number of hydrogen-bond donors (Lipinski definition) is 0. The Morgan fingerprint density at radius 2 is 2.06 bits per heavy atom. The molecule has 2 rings (SSSR count). The van der Waals surface area contributed by atoms with Crippen LogP contribution in [0.5, 0.6) is 0 Å². The van der Waals surface area contributed by atoms with E-state index in [9.17, 15) is 8.42 Å². The van der Waals surface area contributed by atoms with E-state index in [-0.39, 0.29) is 11.5 Å². The third-order valence-corrected chi connectivity index (χ3v) is 5.32. The number of fused-ring (bicyclic) bond motifs is 1. The van der Waals surface area contributed by atoms with Gasteiger partial charge < -0.3 is 0 Å². The molecular weight excluding hydrogens is 260 g/mol. The molecule has 96 valence electrons. The first-order valence-corrected chi connectivity index (χ1v) is 8.18. The van der Waals surface area contributed by atoms with Crippen molar-refractivity contribution in [3.63, 3.8) is 0 Å². The Balaban J connectivity index is 2.14. The van der Waals surface area contributed by atoms with Crippen LogP contribution in [0, 0.1) is 0 Å². The molecule has 0 saturated heterocycles. The van der Waals surface area contributed by atoms with Crippen LogP contribution in [0.25, 0.3) is 0 Å². The Morgan fingerprint density at radius 3 is 2.71 bits per heavy atom. The highest BCUT2D eigenvalue weighted by Crippen LogP contribution is 2.27. The summed E-state index contributed by atoms with van der Waals surface area (Å²) in [4.78, 5) is 0. The molecular formula is C11H17ClN2O2S. The summed E-state index contributed by atoms with van der Waals surface area (Å²) in [6, 6.07) is 0. The standard InChI is InChI=1S/C11H17ClN2O2S/c1-2-17(15,16)8-7-14-11(12)9-5-3-4-6-10(9)13-14/h2-8H2,1H3. The fourth-order valence-electron chi connectivity index (χ4n) is 2.09. The summed E-state index contributed by atoms with van der Waals surface area (Å²) in [6.07, 6.45) is 4.22. The van der Waals surface area contributed by atoms with Gasteiger partial charge in [-0.05, 0) is 25.7 Å². The smallest absolute Gasteiger partial charge is 0.151 e. The van der Waals surface area contributed by atoms with Crippen LogP contribution >= 0.6 is 11.6 Å². The molecule has 0 aromatic carbocycles. The van der Waals surface area contributed by atoms with E-state index in [2.05, 4.69) is 5.10 Å². The Bertz CT molecular complexity index is 508. The molecule has 0 aliphatic heterocycles. The van der Waals surface area contributed by atoms with Crippen LogP contribution in [0.2, 0.25) is 5.15 Å². The second kappa shape index (κ2) is 4.98. The van der Waals surface area contributed by atoms with Crippen LogP contribution in [0.4, 0.5) is 0 Å². The average Bonchev–Trinajstić information content (AvgIpc) is 2.65. The summed E-state index contributed by atoms with van der Waals surface area (Å²) < 4.78 is 24.5. The number of nitrogens with zero attached hydrogens (tertiary/aromatic N) is 2. The topological polar surface area (TPSA) is 52.0 Å². The predicted octanol–water partition coefficient (Wildman–Crippen LogP) is 1.85. The fourth-order valence-corrected chi connectivity index (χ4v) is 3.15. The van der Waals surface area contributed by atoms with Crippen molar-refractivity contribution in [1.82, 2.24) is 9.78 Å². The first-order valence-electron chi connectivity index (χ1n) is 5.98. The summed E-state index contributed by atoms with van der Waals surface area (Å²) in [7, 11) is -2.96. The minimum absolute atomic E-state index is 0.115. The zero-order valence-electron chi connectivity index (χ0n) is 9.95. The van der Waals surface area contributed by atoms with Gasteiger partial charge in [0, 0.05) is 11.3 Å². The lowest BCUT2D eigenvalue weighted by atomic mass is 9.99. The average molecular weight is 277 g/mol. The van der Waals surface area contributed by atoms with Crippen molar-refractivity contribution in [1.29, 1.82) is 0 Å². The van der Waals surface area contributed by atoms with Crippen molar-refractivity contribution in [3.8, 4) is 0 Å². The summed E-state index contributed by atoms with van der Waals surface area (Å²) in [6.45, 7) is 2.02. The van der Waals surface area contributed by atoms with Gasteiger partial charge in [-0.25, -0.2) is 8.42 Å². The molecule has 0 amide bonds. The molecule has 0 atom stereocenters. The van der Waals surface area contributed by atoms with Gasteiger partial charge in [0.1, 0.15) is 5.15 Å². The Morgan fingerprint density at radius 1 is 1.35 bits per heavy atom. The molecule has 0 spiro atoms. The van der Waals surface area contributed by atoms with Gasteiger partial charge in [-0.15, -0.1) is 0 Å². The highest BCUT2D eigenvalue weighted by atomic mass is 35.5. The SMILES string of the molecule is CCS(=O)(=O)CCn1nc2c(c1Cl)CCCC2. The van der Waals surface area contributed by atoms with Crippen molar-refractivity contribution in [2.24, 2.45) is 0 Å². The molecule has 0 saturated carbocycles. The van der Waals surface area contributed by atoms with Crippen LogP contribution in [0.3, 0.4) is 0 Å². The molecule has 4 nitrogen and oxygen atoms in total. The lowest BCUT2D eigenvalue weighted by Crippen LogP contribution is -2.15. The van der Waals surface area contributed by atoms with Crippen LogP contribution in [-0.4, -0.2) is 29.7 Å². The van der Waals surface area contributed by atoms with Gasteiger partial charge in [-0.1, -0.05) is 18.5 Å². The molecule has 0 radical (unpaired) electrons. The molecule has 1 aliphatic carbocycles. The van der Waals surface area contributed by atoms with Crippen LogP contribution in [0.1, 0.15) is 31.0 Å². The predicted molar refractivity (Wildman–Crippen MR) is 68.2 cm³/mol. The molecule has 0 unspecified atom stereocenters. The van der Waals surface area contributed by atoms with Crippen molar-refractivity contribution < 1.29 is 8.42 Å².